The molecule has 3 heterocycles. The van der Waals surface area contributed by atoms with E-state index in [0.717, 1.165) is 60.9 Å². The standard InChI is InChI=1S/C42H25NO2S/c1-2-11-26(12-3-1)27-21-23-28(24-22-27)43(33-16-10-19-37-39(33)30-14-4-7-17-35(30)44-37)34-25-32-29-13-6-9-20-38(29)46-42(32)40-31-15-5-8-18-36(31)45-41(34)40/h1-25H. The smallest absolute Gasteiger partial charge is 0.160 e. The summed E-state index contributed by atoms with van der Waals surface area (Å²) in [5.74, 6) is 0. The molecule has 0 unspecified atom stereocenters. The Morgan fingerprint density at radius 2 is 1.07 bits per heavy atom. The van der Waals surface area contributed by atoms with Crippen LogP contribution in [0.2, 0.25) is 0 Å². The molecule has 0 bridgehead atoms. The Bertz CT molecular complexity index is 2750. The number of furan rings is 2. The molecule has 46 heavy (non-hydrogen) atoms. The van der Waals surface area contributed by atoms with Gasteiger partial charge in [0, 0.05) is 42.0 Å². The largest absolute Gasteiger partial charge is 0.456 e. The van der Waals surface area contributed by atoms with Crippen LogP contribution in [0, 0.1) is 0 Å². The molecule has 0 spiro atoms. The van der Waals surface area contributed by atoms with Gasteiger partial charge in [0.1, 0.15) is 16.7 Å². The highest BCUT2D eigenvalue weighted by molar-refractivity contribution is 7.26. The zero-order valence-corrected chi connectivity index (χ0v) is 25.4. The number of benzene rings is 7. The molecule has 7 aromatic carbocycles. The summed E-state index contributed by atoms with van der Waals surface area (Å²) in [7, 11) is 0. The van der Waals surface area contributed by atoms with Gasteiger partial charge in [-0.25, -0.2) is 0 Å². The molecule has 0 aliphatic rings. The Morgan fingerprint density at radius 1 is 0.435 bits per heavy atom. The average molecular weight is 608 g/mol. The van der Waals surface area contributed by atoms with E-state index in [0.29, 0.717) is 0 Å². The average Bonchev–Trinajstić information content (AvgIpc) is 3.81. The lowest BCUT2D eigenvalue weighted by molar-refractivity contribution is 0.668. The van der Waals surface area contributed by atoms with Crippen LogP contribution in [0.5, 0.6) is 0 Å². The first kappa shape index (κ1) is 25.5. The molecule has 0 aliphatic carbocycles. The van der Waals surface area contributed by atoms with Gasteiger partial charge in [0.2, 0.25) is 0 Å². The van der Waals surface area contributed by atoms with Gasteiger partial charge >= 0.3 is 0 Å². The van der Waals surface area contributed by atoms with Gasteiger partial charge in [-0.05, 0) is 59.7 Å². The summed E-state index contributed by atoms with van der Waals surface area (Å²) in [5, 5.41) is 6.92. The zero-order valence-electron chi connectivity index (χ0n) is 24.6. The summed E-state index contributed by atoms with van der Waals surface area (Å²) in [6.07, 6.45) is 0. The molecule has 3 aromatic heterocycles. The molecule has 216 valence electrons. The lowest BCUT2D eigenvalue weighted by atomic mass is 10.0. The van der Waals surface area contributed by atoms with Crippen molar-refractivity contribution in [3.05, 3.63) is 152 Å². The molecule has 0 aliphatic heterocycles. The van der Waals surface area contributed by atoms with Crippen LogP contribution in [-0.2, 0) is 0 Å². The van der Waals surface area contributed by atoms with Crippen LogP contribution in [0.15, 0.2) is 160 Å². The number of hydrogen-bond donors (Lipinski definition) is 0. The lowest BCUT2D eigenvalue weighted by Crippen LogP contribution is -2.10. The fraction of sp³-hybridized carbons (Fsp3) is 0. The number of anilines is 3. The van der Waals surface area contributed by atoms with Crippen LogP contribution in [0.25, 0.3) is 75.2 Å². The minimum Gasteiger partial charge on any atom is -0.456 e. The van der Waals surface area contributed by atoms with Gasteiger partial charge in [-0.15, -0.1) is 11.3 Å². The maximum Gasteiger partial charge on any atom is 0.160 e. The number of rotatable bonds is 4. The Labute approximate surface area is 268 Å². The Morgan fingerprint density at radius 3 is 1.87 bits per heavy atom. The van der Waals surface area contributed by atoms with E-state index in [1.807, 2.05) is 29.5 Å². The molecule has 10 aromatic rings. The van der Waals surface area contributed by atoms with Crippen molar-refractivity contribution in [1.82, 2.24) is 0 Å². The van der Waals surface area contributed by atoms with Crippen molar-refractivity contribution in [2.45, 2.75) is 0 Å². The van der Waals surface area contributed by atoms with E-state index in [4.69, 9.17) is 8.83 Å². The van der Waals surface area contributed by atoms with E-state index in [1.54, 1.807) is 0 Å². The molecule has 0 radical (unpaired) electrons. The van der Waals surface area contributed by atoms with Crippen molar-refractivity contribution in [2.24, 2.45) is 0 Å². The van der Waals surface area contributed by atoms with E-state index in [2.05, 4.69) is 138 Å². The van der Waals surface area contributed by atoms with Gasteiger partial charge in [-0.2, -0.15) is 0 Å². The maximum atomic E-state index is 6.83. The summed E-state index contributed by atoms with van der Waals surface area (Å²) >= 11 is 1.83. The van der Waals surface area contributed by atoms with Crippen LogP contribution in [0.3, 0.4) is 0 Å². The van der Waals surface area contributed by atoms with Gasteiger partial charge in [-0.1, -0.05) is 103 Å². The Hall–Kier alpha value is -5.84. The van der Waals surface area contributed by atoms with E-state index >= 15 is 0 Å². The quantitative estimate of drug-likeness (QED) is 0.199. The first-order valence-corrected chi connectivity index (χ1v) is 16.2. The second-order valence-electron chi connectivity index (χ2n) is 11.7. The summed E-state index contributed by atoms with van der Waals surface area (Å²) in [5.41, 5.74) is 8.91. The predicted molar refractivity (Wildman–Crippen MR) is 194 cm³/mol. The molecular formula is C42H25NO2S. The summed E-state index contributed by atoms with van der Waals surface area (Å²) in [6.45, 7) is 0. The third-order valence-electron chi connectivity index (χ3n) is 9.07. The Kier molecular flexibility index (Phi) is 5.45. The molecule has 0 saturated carbocycles. The second kappa shape index (κ2) is 9.83. The molecule has 4 heteroatoms. The molecule has 0 fully saturated rings. The van der Waals surface area contributed by atoms with Crippen molar-refractivity contribution < 1.29 is 8.83 Å². The normalized spacial score (nSPS) is 11.9. The molecule has 0 atom stereocenters. The maximum absolute atomic E-state index is 6.83. The minimum absolute atomic E-state index is 0.854. The molecule has 3 nitrogen and oxygen atoms in total. The van der Waals surface area contributed by atoms with Crippen LogP contribution in [-0.4, -0.2) is 0 Å². The molecule has 0 N–H and O–H groups in total. The van der Waals surface area contributed by atoms with Gasteiger partial charge < -0.3 is 13.7 Å². The number of fused-ring (bicyclic) bond motifs is 10. The summed E-state index contributed by atoms with van der Waals surface area (Å²) in [4.78, 5) is 2.36. The second-order valence-corrected chi connectivity index (χ2v) is 12.7. The van der Waals surface area contributed by atoms with Gasteiger partial charge in [0.25, 0.3) is 0 Å². The lowest BCUT2D eigenvalue weighted by Gasteiger charge is -2.27. The van der Waals surface area contributed by atoms with Crippen LogP contribution >= 0.6 is 11.3 Å². The van der Waals surface area contributed by atoms with Crippen LogP contribution in [0.1, 0.15) is 0 Å². The predicted octanol–water partition coefficient (Wildman–Crippen LogP) is 13.0. The molecule has 0 amide bonds. The minimum atomic E-state index is 0.854. The number of para-hydroxylation sites is 2. The molecule has 10 rings (SSSR count). The van der Waals surface area contributed by atoms with Crippen LogP contribution < -0.4 is 4.90 Å². The summed E-state index contributed by atoms with van der Waals surface area (Å²) < 4.78 is 15.7. The van der Waals surface area contributed by atoms with E-state index < -0.39 is 0 Å². The number of thiophene rings is 1. The van der Waals surface area contributed by atoms with E-state index in [-0.39, 0.29) is 0 Å². The first-order valence-electron chi connectivity index (χ1n) is 15.4. The summed E-state index contributed by atoms with van der Waals surface area (Å²) in [6, 6.07) is 53.4. The van der Waals surface area contributed by atoms with Crippen LogP contribution in [0.4, 0.5) is 17.1 Å². The van der Waals surface area contributed by atoms with Crippen molar-refractivity contribution in [3.63, 3.8) is 0 Å². The van der Waals surface area contributed by atoms with Crippen molar-refractivity contribution in [2.75, 3.05) is 4.90 Å². The molecular weight excluding hydrogens is 583 g/mol. The highest BCUT2D eigenvalue weighted by atomic mass is 32.1. The highest BCUT2D eigenvalue weighted by Crippen LogP contribution is 2.51. The van der Waals surface area contributed by atoms with Crippen molar-refractivity contribution in [1.29, 1.82) is 0 Å². The third kappa shape index (κ3) is 3.71. The Balaban J connectivity index is 1.34. The zero-order chi connectivity index (χ0) is 30.2. The molecule has 0 saturated heterocycles. The third-order valence-corrected chi connectivity index (χ3v) is 10.3. The highest BCUT2D eigenvalue weighted by Gasteiger charge is 2.26. The van der Waals surface area contributed by atoms with Gasteiger partial charge in [0.05, 0.1) is 16.8 Å². The topological polar surface area (TPSA) is 29.5 Å². The first-order chi connectivity index (χ1) is 22.8. The number of hydrogen-bond acceptors (Lipinski definition) is 4. The van der Waals surface area contributed by atoms with E-state index in [9.17, 15) is 0 Å². The SMILES string of the molecule is c1ccc(-c2ccc(N(c3cc4c5ccccc5sc4c4c3oc3ccccc34)c3cccc4oc5ccccc5c34)cc2)cc1. The van der Waals surface area contributed by atoms with E-state index in [1.165, 1.54) is 31.3 Å². The van der Waals surface area contributed by atoms with Gasteiger partial charge in [0.15, 0.2) is 5.58 Å². The van der Waals surface area contributed by atoms with Crippen molar-refractivity contribution in [3.8, 4) is 11.1 Å². The monoisotopic (exact) mass is 607 g/mol. The number of nitrogens with zero attached hydrogens (tertiary/aromatic N) is 1. The fourth-order valence-corrected chi connectivity index (χ4v) is 8.24. The fourth-order valence-electron chi connectivity index (χ4n) is 7.00. The van der Waals surface area contributed by atoms with Gasteiger partial charge in [-0.3, -0.25) is 0 Å². The van der Waals surface area contributed by atoms with Crippen molar-refractivity contribution >= 4 is 92.4 Å².